The Bertz CT molecular complexity index is 935. The van der Waals surface area contributed by atoms with E-state index in [-0.39, 0.29) is 53.1 Å². The van der Waals surface area contributed by atoms with Crippen molar-refractivity contribution >= 4 is 45.6 Å². The second-order valence-electron chi connectivity index (χ2n) is 6.21. The van der Waals surface area contributed by atoms with Crippen molar-refractivity contribution in [3.63, 3.8) is 0 Å². The van der Waals surface area contributed by atoms with Gasteiger partial charge in [0.15, 0.2) is 5.96 Å². The summed E-state index contributed by atoms with van der Waals surface area (Å²) in [7, 11) is -2.03. The number of rotatable bonds is 6. The highest BCUT2D eigenvalue weighted by atomic mass is 127. The minimum absolute atomic E-state index is 0. The molecule has 2 aromatic carbocycles. The van der Waals surface area contributed by atoms with Crippen LogP contribution in [-0.4, -0.2) is 31.8 Å². The lowest BCUT2D eigenvalue weighted by Crippen LogP contribution is -2.33. The molecule has 0 bridgehead atoms. The Morgan fingerprint density at radius 3 is 2.36 bits per heavy atom. The summed E-state index contributed by atoms with van der Waals surface area (Å²) in [5.41, 5.74) is 6.29. The summed E-state index contributed by atoms with van der Waals surface area (Å²) in [5, 5.41) is 2.49. The van der Waals surface area contributed by atoms with Crippen LogP contribution in [0.1, 0.15) is 19.4 Å². The second-order valence-corrected chi connectivity index (χ2v) is 8.21. The van der Waals surface area contributed by atoms with E-state index in [1.807, 2.05) is 0 Å². The Labute approximate surface area is 180 Å². The number of anilines is 1. The smallest absolute Gasteiger partial charge is 0.243 e. The van der Waals surface area contributed by atoms with Crippen molar-refractivity contribution in [3.05, 3.63) is 59.7 Å². The molecule has 0 heterocycles. The number of hydrogen-bond donors (Lipinski definition) is 2. The molecule has 6 nitrogen and oxygen atoms in total. The average molecular weight is 524 g/mol. The molecule has 3 N–H and O–H groups in total. The van der Waals surface area contributed by atoms with Gasteiger partial charge in [0.1, 0.15) is 11.6 Å². The molecule has 10 heteroatoms. The lowest BCUT2D eigenvalue weighted by molar-refractivity contribution is 0.410. The van der Waals surface area contributed by atoms with Gasteiger partial charge in [-0.15, -0.1) is 24.0 Å². The highest BCUT2D eigenvalue weighted by molar-refractivity contribution is 14.0. The fourth-order valence-corrected chi connectivity index (χ4v) is 3.53. The van der Waals surface area contributed by atoms with Gasteiger partial charge in [0, 0.05) is 19.2 Å². The third-order valence-electron chi connectivity index (χ3n) is 3.95. The van der Waals surface area contributed by atoms with Crippen LogP contribution in [0, 0.1) is 11.6 Å². The first-order chi connectivity index (χ1) is 12.6. The summed E-state index contributed by atoms with van der Waals surface area (Å²) < 4.78 is 52.8. The van der Waals surface area contributed by atoms with E-state index in [4.69, 9.17) is 5.73 Å². The molecular weight excluding hydrogens is 501 g/mol. The van der Waals surface area contributed by atoms with Gasteiger partial charge in [-0.3, -0.25) is 0 Å². The first-order valence-corrected chi connectivity index (χ1v) is 9.64. The number of nitrogens with one attached hydrogen (secondary N) is 1. The largest absolute Gasteiger partial charge is 0.370 e. The van der Waals surface area contributed by atoms with Crippen LogP contribution in [0.4, 0.5) is 14.5 Å². The minimum atomic E-state index is -3.55. The average Bonchev–Trinajstić information content (AvgIpc) is 2.62. The highest BCUT2D eigenvalue weighted by Crippen LogP contribution is 2.18. The van der Waals surface area contributed by atoms with Gasteiger partial charge in [-0.2, -0.15) is 4.31 Å². The van der Waals surface area contributed by atoms with Gasteiger partial charge in [-0.05, 0) is 43.7 Å². The first kappa shape index (κ1) is 24.2. The number of halogens is 3. The van der Waals surface area contributed by atoms with E-state index in [1.54, 1.807) is 26.0 Å². The van der Waals surface area contributed by atoms with E-state index >= 15 is 0 Å². The van der Waals surface area contributed by atoms with Crippen LogP contribution in [0.3, 0.4) is 0 Å². The predicted molar refractivity (Wildman–Crippen MR) is 117 cm³/mol. The van der Waals surface area contributed by atoms with Gasteiger partial charge in [-0.1, -0.05) is 12.1 Å². The standard InChI is InChI=1S/C18H22F2N4O2S.HI/c1-12(2)24(3)27(25,26)15-7-4-13(5-8-15)11-22-18(21)23-17-10-14(19)6-9-16(17)20;/h4-10,12H,11H2,1-3H3,(H3,21,22,23);1H. The predicted octanol–water partition coefficient (Wildman–Crippen LogP) is 3.54. The van der Waals surface area contributed by atoms with Crippen molar-refractivity contribution < 1.29 is 17.2 Å². The van der Waals surface area contributed by atoms with E-state index in [0.717, 1.165) is 18.2 Å². The Morgan fingerprint density at radius 2 is 1.79 bits per heavy atom. The Hall–Kier alpha value is -1.79. The second kappa shape index (κ2) is 10.1. The van der Waals surface area contributed by atoms with Crippen LogP contribution in [0.15, 0.2) is 52.4 Å². The number of sulfonamides is 1. The summed E-state index contributed by atoms with van der Waals surface area (Å²) in [4.78, 5) is 4.23. The summed E-state index contributed by atoms with van der Waals surface area (Å²) in [6.07, 6.45) is 0. The van der Waals surface area contributed by atoms with Crippen LogP contribution in [-0.2, 0) is 16.6 Å². The molecule has 0 saturated carbocycles. The molecule has 28 heavy (non-hydrogen) atoms. The molecule has 0 unspecified atom stereocenters. The number of hydrogen-bond acceptors (Lipinski definition) is 3. The summed E-state index contributed by atoms with van der Waals surface area (Å²) in [6.45, 7) is 3.73. The van der Waals surface area contributed by atoms with E-state index in [1.165, 1.54) is 23.5 Å². The third kappa shape index (κ3) is 6.11. The highest BCUT2D eigenvalue weighted by Gasteiger charge is 2.22. The number of nitrogens with two attached hydrogens (primary N) is 1. The van der Waals surface area contributed by atoms with Crippen LogP contribution in [0.2, 0.25) is 0 Å². The first-order valence-electron chi connectivity index (χ1n) is 8.20. The topological polar surface area (TPSA) is 87.8 Å². The molecule has 0 spiro atoms. The van der Waals surface area contributed by atoms with Crippen LogP contribution >= 0.6 is 24.0 Å². The van der Waals surface area contributed by atoms with Gasteiger partial charge in [-0.25, -0.2) is 22.2 Å². The number of aliphatic imine (C=N–C) groups is 1. The molecule has 0 aliphatic rings. The maximum Gasteiger partial charge on any atom is 0.243 e. The molecule has 0 radical (unpaired) electrons. The fourth-order valence-electron chi connectivity index (χ4n) is 2.16. The van der Waals surface area contributed by atoms with E-state index in [0.29, 0.717) is 5.56 Å². The van der Waals surface area contributed by atoms with Gasteiger partial charge in [0.2, 0.25) is 10.0 Å². The normalized spacial score (nSPS) is 12.2. The molecule has 2 rings (SSSR count). The zero-order valence-electron chi connectivity index (χ0n) is 15.7. The summed E-state index contributed by atoms with van der Waals surface area (Å²) in [5.74, 6) is -1.34. The van der Waals surface area contributed by atoms with Crippen molar-refractivity contribution in [2.45, 2.75) is 31.3 Å². The molecule has 2 aromatic rings. The zero-order valence-corrected chi connectivity index (χ0v) is 18.8. The molecule has 0 aromatic heterocycles. The van der Waals surface area contributed by atoms with Gasteiger partial charge >= 0.3 is 0 Å². The van der Waals surface area contributed by atoms with Crippen LogP contribution < -0.4 is 11.1 Å². The third-order valence-corrected chi connectivity index (χ3v) is 6.00. The molecule has 0 aliphatic carbocycles. The van der Waals surface area contributed by atoms with Gasteiger partial charge in [0.25, 0.3) is 0 Å². The number of guanidine groups is 1. The Balaban J connectivity index is 0.00000392. The molecule has 0 atom stereocenters. The number of benzene rings is 2. The Kier molecular flexibility index (Phi) is 8.76. The van der Waals surface area contributed by atoms with Crippen molar-refractivity contribution in [3.8, 4) is 0 Å². The maximum absolute atomic E-state index is 13.6. The van der Waals surface area contributed by atoms with Crippen molar-refractivity contribution in [1.29, 1.82) is 0 Å². The number of nitrogens with zero attached hydrogens (tertiary/aromatic N) is 2. The van der Waals surface area contributed by atoms with Crippen molar-refractivity contribution in [2.75, 3.05) is 12.4 Å². The lowest BCUT2D eigenvalue weighted by Gasteiger charge is -2.21. The van der Waals surface area contributed by atoms with Crippen LogP contribution in [0.25, 0.3) is 0 Å². The van der Waals surface area contributed by atoms with Crippen LogP contribution in [0.5, 0.6) is 0 Å². The Morgan fingerprint density at radius 1 is 1.18 bits per heavy atom. The van der Waals surface area contributed by atoms with Crippen molar-refractivity contribution in [1.82, 2.24) is 4.31 Å². The monoisotopic (exact) mass is 524 g/mol. The van der Waals surface area contributed by atoms with Gasteiger partial charge < -0.3 is 11.1 Å². The summed E-state index contributed by atoms with van der Waals surface area (Å²) >= 11 is 0. The fraction of sp³-hybridized carbons (Fsp3) is 0.278. The van der Waals surface area contributed by atoms with Gasteiger partial charge in [0.05, 0.1) is 17.1 Å². The molecular formula is C18H23F2IN4O2S. The molecule has 0 aliphatic heterocycles. The SMILES string of the molecule is CC(C)N(C)S(=O)(=O)c1ccc(CN=C(N)Nc2cc(F)ccc2F)cc1.I. The molecule has 0 amide bonds. The maximum atomic E-state index is 13.6. The van der Waals surface area contributed by atoms with E-state index < -0.39 is 21.7 Å². The van der Waals surface area contributed by atoms with E-state index in [2.05, 4.69) is 10.3 Å². The molecule has 154 valence electrons. The summed E-state index contributed by atoms with van der Waals surface area (Å²) in [6, 6.07) is 9.04. The zero-order chi connectivity index (χ0) is 20.2. The van der Waals surface area contributed by atoms with Crippen molar-refractivity contribution in [2.24, 2.45) is 10.7 Å². The lowest BCUT2D eigenvalue weighted by atomic mass is 10.2. The quantitative estimate of drug-likeness (QED) is 0.344. The minimum Gasteiger partial charge on any atom is -0.370 e. The molecule has 0 fully saturated rings. The van der Waals surface area contributed by atoms with E-state index in [9.17, 15) is 17.2 Å². The molecule has 0 saturated heterocycles.